The van der Waals surface area contributed by atoms with Crippen molar-refractivity contribution in [3.05, 3.63) is 58.1 Å². The maximum Gasteiger partial charge on any atom is 0.313 e. The van der Waals surface area contributed by atoms with Gasteiger partial charge in [-0.1, -0.05) is 24.3 Å². The van der Waals surface area contributed by atoms with Crippen LogP contribution in [0.2, 0.25) is 0 Å². The summed E-state index contributed by atoms with van der Waals surface area (Å²) in [6.07, 6.45) is 6.24. The lowest BCUT2D eigenvalue weighted by molar-refractivity contribution is 0.172. The third-order valence-electron chi connectivity index (χ3n) is 3.55. The minimum atomic E-state index is -0.189. The Balaban J connectivity index is 1.93. The Morgan fingerprint density at radius 2 is 2.21 bits per heavy atom. The highest BCUT2D eigenvalue weighted by molar-refractivity contribution is 5.31. The molecule has 1 atom stereocenters. The largest absolute Gasteiger partial charge is 0.466 e. The number of ether oxygens (including phenoxy) is 1. The number of nitrogens with zero attached hydrogens (tertiary/aromatic N) is 2. The Morgan fingerprint density at radius 3 is 3.11 bits per heavy atom. The fourth-order valence-electron chi connectivity index (χ4n) is 2.52. The summed E-state index contributed by atoms with van der Waals surface area (Å²) in [6, 6.07) is 8.26. The van der Waals surface area contributed by atoms with Gasteiger partial charge in [0, 0.05) is 19.4 Å². The average Bonchev–Trinajstić information content (AvgIpc) is 2.44. The summed E-state index contributed by atoms with van der Waals surface area (Å²) in [7, 11) is 1.70. The lowest BCUT2D eigenvalue weighted by Gasteiger charge is -2.25. The van der Waals surface area contributed by atoms with Crippen LogP contribution in [0.15, 0.2) is 41.5 Å². The van der Waals surface area contributed by atoms with Crippen LogP contribution >= 0.6 is 0 Å². The van der Waals surface area contributed by atoms with Crippen LogP contribution in [0, 0.1) is 0 Å². The fourth-order valence-corrected chi connectivity index (χ4v) is 2.52. The molecule has 1 aliphatic rings. The van der Waals surface area contributed by atoms with Gasteiger partial charge >= 0.3 is 5.56 Å². The predicted octanol–water partition coefficient (Wildman–Crippen LogP) is 2.24. The molecule has 3 rings (SSSR count). The smallest absolute Gasteiger partial charge is 0.313 e. The standard InChI is InChI=1S/C15H16N2O2/c1-17-10-9-16-14(15(17)18)19-13-8-4-6-11-5-2-3-7-12(11)13/h2-3,5,7,9-10,13H,4,6,8H2,1H3. The molecule has 0 N–H and O–H groups in total. The van der Waals surface area contributed by atoms with E-state index in [0.717, 1.165) is 19.3 Å². The first kappa shape index (κ1) is 12.0. The second kappa shape index (κ2) is 4.88. The van der Waals surface area contributed by atoms with Gasteiger partial charge in [0.2, 0.25) is 0 Å². The van der Waals surface area contributed by atoms with E-state index in [1.54, 1.807) is 19.4 Å². The summed E-state index contributed by atoms with van der Waals surface area (Å²) in [5.74, 6) is 0.187. The van der Waals surface area contributed by atoms with Gasteiger partial charge in [0.25, 0.3) is 5.88 Å². The normalized spacial score (nSPS) is 17.8. The molecule has 19 heavy (non-hydrogen) atoms. The van der Waals surface area contributed by atoms with Crippen molar-refractivity contribution < 1.29 is 4.74 Å². The summed E-state index contributed by atoms with van der Waals surface area (Å²) in [6.45, 7) is 0. The molecule has 0 saturated carbocycles. The highest BCUT2D eigenvalue weighted by Gasteiger charge is 2.22. The molecule has 0 bridgehead atoms. The molecule has 1 aromatic carbocycles. The molecule has 0 saturated heterocycles. The molecule has 0 spiro atoms. The van der Waals surface area contributed by atoms with Gasteiger partial charge in [-0.2, -0.15) is 0 Å². The van der Waals surface area contributed by atoms with E-state index in [1.165, 1.54) is 15.7 Å². The van der Waals surface area contributed by atoms with Crippen LogP contribution in [0.4, 0.5) is 0 Å². The van der Waals surface area contributed by atoms with Crippen molar-refractivity contribution in [2.24, 2.45) is 7.05 Å². The minimum Gasteiger partial charge on any atom is -0.466 e. The fraction of sp³-hybridized carbons (Fsp3) is 0.333. The third-order valence-corrected chi connectivity index (χ3v) is 3.55. The zero-order valence-corrected chi connectivity index (χ0v) is 10.9. The molecule has 0 fully saturated rings. The van der Waals surface area contributed by atoms with Crippen LogP contribution < -0.4 is 10.3 Å². The van der Waals surface area contributed by atoms with E-state index in [2.05, 4.69) is 17.1 Å². The predicted molar refractivity (Wildman–Crippen MR) is 72.2 cm³/mol. The van der Waals surface area contributed by atoms with Gasteiger partial charge < -0.3 is 9.30 Å². The first-order valence-electron chi connectivity index (χ1n) is 6.52. The van der Waals surface area contributed by atoms with Crippen LogP contribution in [-0.4, -0.2) is 9.55 Å². The summed E-state index contributed by atoms with van der Waals surface area (Å²) in [5.41, 5.74) is 2.30. The minimum absolute atomic E-state index is 0.0625. The van der Waals surface area contributed by atoms with Gasteiger partial charge in [0.05, 0.1) is 0 Å². The summed E-state index contributed by atoms with van der Waals surface area (Å²) < 4.78 is 7.33. The van der Waals surface area contributed by atoms with E-state index in [-0.39, 0.29) is 17.5 Å². The van der Waals surface area contributed by atoms with Crippen molar-refractivity contribution in [1.82, 2.24) is 9.55 Å². The van der Waals surface area contributed by atoms with Gasteiger partial charge in [0.15, 0.2) is 0 Å². The molecule has 2 aromatic rings. The van der Waals surface area contributed by atoms with Crippen molar-refractivity contribution in [2.45, 2.75) is 25.4 Å². The first-order chi connectivity index (χ1) is 9.25. The van der Waals surface area contributed by atoms with Crippen LogP contribution in [0.25, 0.3) is 0 Å². The first-order valence-corrected chi connectivity index (χ1v) is 6.52. The maximum atomic E-state index is 11.9. The van der Waals surface area contributed by atoms with Crippen LogP contribution in [0.1, 0.15) is 30.1 Å². The third kappa shape index (κ3) is 2.26. The highest BCUT2D eigenvalue weighted by atomic mass is 16.5. The van der Waals surface area contributed by atoms with Crippen molar-refractivity contribution in [2.75, 3.05) is 0 Å². The lowest BCUT2D eigenvalue weighted by atomic mass is 9.89. The molecular formula is C15H16N2O2. The summed E-state index contributed by atoms with van der Waals surface area (Å²) in [4.78, 5) is 16.0. The monoisotopic (exact) mass is 256 g/mol. The Morgan fingerprint density at radius 1 is 1.37 bits per heavy atom. The molecular weight excluding hydrogens is 240 g/mol. The number of fused-ring (bicyclic) bond motifs is 1. The molecule has 0 amide bonds. The van der Waals surface area contributed by atoms with E-state index < -0.39 is 0 Å². The van der Waals surface area contributed by atoms with Crippen molar-refractivity contribution in [1.29, 1.82) is 0 Å². The maximum absolute atomic E-state index is 11.9. The molecule has 1 heterocycles. The number of aromatic nitrogens is 2. The Bertz CT molecular complexity index is 649. The number of rotatable bonds is 2. The molecule has 4 heteroatoms. The van der Waals surface area contributed by atoms with Gasteiger partial charge in [0.1, 0.15) is 6.10 Å². The Kier molecular flexibility index (Phi) is 3.07. The molecule has 0 aliphatic heterocycles. The number of benzene rings is 1. The number of hydrogen-bond donors (Lipinski definition) is 0. The molecule has 0 radical (unpaired) electrons. The molecule has 1 aromatic heterocycles. The van der Waals surface area contributed by atoms with Crippen molar-refractivity contribution in [3.63, 3.8) is 0 Å². The molecule has 4 nitrogen and oxygen atoms in total. The van der Waals surface area contributed by atoms with Gasteiger partial charge in [-0.3, -0.25) is 4.79 Å². The average molecular weight is 256 g/mol. The molecule has 1 unspecified atom stereocenters. The summed E-state index contributed by atoms with van der Waals surface area (Å²) >= 11 is 0. The van der Waals surface area contributed by atoms with Gasteiger partial charge in [-0.25, -0.2) is 4.98 Å². The van der Waals surface area contributed by atoms with Crippen LogP contribution in [0.5, 0.6) is 5.88 Å². The van der Waals surface area contributed by atoms with E-state index >= 15 is 0 Å². The van der Waals surface area contributed by atoms with Gasteiger partial charge in [-0.15, -0.1) is 0 Å². The van der Waals surface area contributed by atoms with Crippen molar-refractivity contribution in [3.8, 4) is 5.88 Å². The van der Waals surface area contributed by atoms with Crippen LogP contribution in [-0.2, 0) is 13.5 Å². The van der Waals surface area contributed by atoms with E-state index in [1.807, 2.05) is 12.1 Å². The topological polar surface area (TPSA) is 44.1 Å². The van der Waals surface area contributed by atoms with E-state index in [0.29, 0.717) is 0 Å². The Labute approximate surface area is 111 Å². The van der Waals surface area contributed by atoms with E-state index in [4.69, 9.17) is 4.74 Å². The van der Waals surface area contributed by atoms with Crippen molar-refractivity contribution >= 4 is 0 Å². The summed E-state index contributed by atoms with van der Waals surface area (Å²) in [5, 5.41) is 0. The number of aryl methyl sites for hydroxylation is 2. The highest BCUT2D eigenvalue weighted by Crippen LogP contribution is 2.32. The zero-order valence-electron chi connectivity index (χ0n) is 10.9. The van der Waals surface area contributed by atoms with Crippen LogP contribution in [0.3, 0.4) is 0 Å². The quantitative estimate of drug-likeness (QED) is 0.827. The van der Waals surface area contributed by atoms with Gasteiger partial charge in [-0.05, 0) is 30.4 Å². The Hall–Kier alpha value is -2.10. The SMILES string of the molecule is Cn1ccnc(OC2CCCc3ccccc32)c1=O. The lowest BCUT2D eigenvalue weighted by Crippen LogP contribution is -2.23. The molecule has 98 valence electrons. The zero-order chi connectivity index (χ0) is 13.2. The van der Waals surface area contributed by atoms with E-state index in [9.17, 15) is 4.79 Å². The second-order valence-corrected chi connectivity index (χ2v) is 4.85. The molecule has 1 aliphatic carbocycles. The number of hydrogen-bond acceptors (Lipinski definition) is 3. The second-order valence-electron chi connectivity index (χ2n) is 4.85.